The van der Waals surface area contributed by atoms with Gasteiger partial charge in [-0.15, -0.1) is 0 Å². The summed E-state index contributed by atoms with van der Waals surface area (Å²) >= 11 is 0. The third-order valence-corrected chi connectivity index (χ3v) is 5.14. The van der Waals surface area contributed by atoms with Gasteiger partial charge in [0.1, 0.15) is 11.5 Å². The maximum Gasteiger partial charge on any atom is 0.328 e. The molecule has 4 rings (SSSR count). The standard InChI is InChI=1S/C21H24N4O4/c1-21(2,3)19-22-14-12-24(10-8-16(14)29-19)18(27)13-6-4-5-7-15(13)25-11-9-17(26)23-20(25)28/h4-7H,8-12H2,1-3H3,(H,23,26,28). The van der Waals surface area contributed by atoms with Gasteiger partial charge in [0.05, 0.1) is 17.8 Å². The van der Waals surface area contributed by atoms with Gasteiger partial charge in [0.2, 0.25) is 5.91 Å². The summed E-state index contributed by atoms with van der Waals surface area (Å²) in [5, 5.41) is 2.30. The van der Waals surface area contributed by atoms with E-state index in [4.69, 9.17) is 4.42 Å². The van der Waals surface area contributed by atoms with Crippen molar-refractivity contribution < 1.29 is 18.8 Å². The second-order valence-corrected chi connectivity index (χ2v) is 8.39. The Balaban J connectivity index is 1.59. The number of hydrogen-bond donors (Lipinski definition) is 1. The maximum absolute atomic E-state index is 13.3. The predicted molar refractivity (Wildman–Crippen MR) is 106 cm³/mol. The SMILES string of the molecule is CC(C)(C)c1nc2c(o1)CCN(C(=O)c1ccccc1N1CCC(=O)NC1=O)C2. The Morgan fingerprint density at radius 3 is 2.62 bits per heavy atom. The molecule has 1 fully saturated rings. The molecule has 0 bridgehead atoms. The van der Waals surface area contributed by atoms with Crippen LogP contribution in [0, 0.1) is 0 Å². The van der Waals surface area contributed by atoms with E-state index in [1.807, 2.05) is 20.8 Å². The van der Waals surface area contributed by atoms with Crippen LogP contribution >= 0.6 is 0 Å². The molecule has 4 amide bonds. The lowest BCUT2D eigenvalue weighted by atomic mass is 9.97. The highest BCUT2D eigenvalue weighted by molar-refractivity contribution is 6.09. The second-order valence-electron chi connectivity index (χ2n) is 8.39. The van der Waals surface area contributed by atoms with E-state index in [1.165, 1.54) is 4.90 Å². The molecule has 29 heavy (non-hydrogen) atoms. The molecule has 0 radical (unpaired) electrons. The number of hydrogen-bond acceptors (Lipinski definition) is 5. The smallest absolute Gasteiger partial charge is 0.328 e. The minimum absolute atomic E-state index is 0.170. The van der Waals surface area contributed by atoms with E-state index in [1.54, 1.807) is 29.2 Å². The van der Waals surface area contributed by atoms with Gasteiger partial charge in [-0.25, -0.2) is 9.78 Å². The number of imide groups is 1. The van der Waals surface area contributed by atoms with Crippen molar-refractivity contribution in [2.24, 2.45) is 0 Å². The molecule has 3 heterocycles. The first kappa shape index (κ1) is 19.2. The molecule has 1 saturated heterocycles. The Morgan fingerprint density at radius 1 is 1.14 bits per heavy atom. The van der Waals surface area contributed by atoms with Gasteiger partial charge in [0.25, 0.3) is 5.91 Å². The summed E-state index contributed by atoms with van der Waals surface area (Å²) in [5.41, 5.74) is 1.52. The minimum Gasteiger partial charge on any atom is -0.445 e. The van der Waals surface area contributed by atoms with Crippen molar-refractivity contribution in [2.75, 3.05) is 18.0 Å². The van der Waals surface area contributed by atoms with Crippen LogP contribution in [0.3, 0.4) is 0 Å². The molecular weight excluding hydrogens is 372 g/mol. The minimum atomic E-state index is -0.506. The van der Waals surface area contributed by atoms with Crippen LogP contribution < -0.4 is 10.2 Å². The molecule has 1 aromatic heterocycles. The zero-order chi connectivity index (χ0) is 20.8. The van der Waals surface area contributed by atoms with E-state index >= 15 is 0 Å². The van der Waals surface area contributed by atoms with Gasteiger partial charge in [0, 0.05) is 31.3 Å². The summed E-state index contributed by atoms with van der Waals surface area (Å²) in [7, 11) is 0. The van der Waals surface area contributed by atoms with Crippen LogP contribution in [0.5, 0.6) is 0 Å². The number of amides is 4. The van der Waals surface area contributed by atoms with Crippen LogP contribution in [0.2, 0.25) is 0 Å². The van der Waals surface area contributed by atoms with Gasteiger partial charge < -0.3 is 9.32 Å². The molecule has 0 atom stereocenters. The lowest BCUT2D eigenvalue weighted by Crippen LogP contribution is -2.50. The van der Waals surface area contributed by atoms with Crippen LogP contribution in [-0.2, 0) is 23.2 Å². The van der Waals surface area contributed by atoms with Crippen LogP contribution in [-0.4, -0.2) is 40.8 Å². The highest BCUT2D eigenvalue weighted by atomic mass is 16.4. The maximum atomic E-state index is 13.3. The number of aromatic nitrogens is 1. The second kappa shape index (κ2) is 7.02. The van der Waals surface area contributed by atoms with E-state index in [0.29, 0.717) is 36.7 Å². The molecule has 0 spiro atoms. The molecule has 8 heteroatoms. The van der Waals surface area contributed by atoms with Crippen molar-refractivity contribution in [1.82, 2.24) is 15.2 Å². The Labute approximate surface area is 168 Å². The number of oxazole rings is 1. The third kappa shape index (κ3) is 3.62. The Hall–Kier alpha value is -3.16. The van der Waals surface area contributed by atoms with Crippen molar-refractivity contribution in [3.63, 3.8) is 0 Å². The number of nitrogens with zero attached hydrogens (tertiary/aromatic N) is 3. The highest BCUT2D eigenvalue weighted by Gasteiger charge is 2.32. The van der Waals surface area contributed by atoms with Crippen molar-refractivity contribution in [2.45, 2.75) is 45.6 Å². The first-order valence-electron chi connectivity index (χ1n) is 9.73. The molecule has 2 aliphatic rings. The van der Waals surface area contributed by atoms with Crippen molar-refractivity contribution >= 4 is 23.5 Å². The first-order valence-corrected chi connectivity index (χ1v) is 9.73. The lowest BCUT2D eigenvalue weighted by Gasteiger charge is -2.30. The van der Waals surface area contributed by atoms with Gasteiger partial charge in [-0.2, -0.15) is 0 Å². The zero-order valence-electron chi connectivity index (χ0n) is 16.8. The number of carbonyl (C=O) groups is 3. The van der Waals surface area contributed by atoms with Crippen molar-refractivity contribution in [3.05, 3.63) is 47.2 Å². The van der Waals surface area contributed by atoms with Crippen molar-refractivity contribution in [3.8, 4) is 0 Å². The van der Waals surface area contributed by atoms with Crippen molar-refractivity contribution in [1.29, 1.82) is 0 Å². The Bertz CT molecular complexity index is 989. The van der Waals surface area contributed by atoms with Crippen LogP contribution in [0.15, 0.2) is 28.7 Å². The summed E-state index contributed by atoms with van der Waals surface area (Å²) in [6.07, 6.45) is 0.806. The molecule has 2 aromatic rings. The van der Waals surface area contributed by atoms with Gasteiger partial charge in [-0.3, -0.25) is 19.8 Å². The fraction of sp³-hybridized carbons (Fsp3) is 0.429. The molecular formula is C21H24N4O4. The largest absolute Gasteiger partial charge is 0.445 e. The first-order chi connectivity index (χ1) is 13.7. The lowest BCUT2D eigenvalue weighted by molar-refractivity contribution is -0.120. The van der Waals surface area contributed by atoms with Gasteiger partial charge in [-0.05, 0) is 12.1 Å². The number of nitrogens with one attached hydrogen (secondary N) is 1. The highest BCUT2D eigenvalue weighted by Crippen LogP contribution is 2.29. The molecule has 8 nitrogen and oxygen atoms in total. The average molecular weight is 396 g/mol. The number of benzene rings is 1. The zero-order valence-corrected chi connectivity index (χ0v) is 16.8. The Kier molecular flexibility index (Phi) is 4.64. The van der Waals surface area contributed by atoms with E-state index in [-0.39, 0.29) is 30.2 Å². The molecule has 1 N–H and O–H groups in total. The molecule has 152 valence electrons. The molecule has 2 aliphatic heterocycles. The number of anilines is 1. The summed E-state index contributed by atoms with van der Waals surface area (Å²) in [6.45, 7) is 7.25. The fourth-order valence-corrected chi connectivity index (χ4v) is 3.55. The van der Waals surface area contributed by atoms with Gasteiger partial charge in [-0.1, -0.05) is 32.9 Å². The number of carbonyl (C=O) groups excluding carboxylic acids is 3. The summed E-state index contributed by atoms with van der Waals surface area (Å²) in [4.78, 5) is 44.8. The summed E-state index contributed by atoms with van der Waals surface area (Å²) in [6, 6.07) is 6.48. The number of urea groups is 1. The number of rotatable bonds is 2. The van der Waals surface area contributed by atoms with E-state index in [9.17, 15) is 14.4 Å². The van der Waals surface area contributed by atoms with Crippen LogP contribution in [0.25, 0.3) is 0 Å². The quantitative estimate of drug-likeness (QED) is 0.842. The number of fused-ring (bicyclic) bond motifs is 1. The molecule has 0 unspecified atom stereocenters. The van der Waals surface area contributed by atoms with E-state index < -0.39 is 6.03 Å². The predicted octanol–water partition coefficient (Wildman–Crippen LogP) is 2.62. The molecule has 0 aliphatic carbocycles. The number of para-hydroxylation sites is 1. The van der Waals surface area contributed by atoms with Gasteiger partial charge >= 0.3 is 6.03 Å². The van der Waals surface area contributed by atoms with Crippen LogP contribution in [0.4, 0.5) is 10.5 Å². The van der Waals surface area contributed by atoms with E-state index in [2.05, 4.69) is 10.3 Å². The topological polar surface area (TPSA) is 95.8 Å². The third-order valence-electron chi connectivity index (χ3n) is 5.14. The normalized spacial score (nSPS) is 17.2. The monoisotopic (exact) mass is 396 g/mol. The average Bonchev–Trinajstić information content (AvgIpc) is 3.11. The van der Waals surface area contributed by atoms with E-state index in [0.717, 1.165) is 11.5 Å². The molecule has 0 saturated carbocycles. The fourth-order valence-electron chi connectivity index (χ4n) is 3.55. The Morgan fingerprint density at radius 2 is 1.90 bits per heavy atom. The summed E-state index contributed by atoms with van der Waals surface area (Å²) in [5.74, 6) is 1.03. The summed E-state index contributed by atoms with van der Waals surface area (Å²) < 4.78 is 5.91. The molecule has 1 aromatic carbocycles. The van der Waals surface area contributed by atoms with Gasteiger partial charge in [0.15, 0.2) is 5.89 Å². The van der Waals surface area contributed by atoms with Crippen LogP contribution in [0.1, 0.15) is 54.9 Å².